The number of ether oxygens (including phenoxy) is 1. The Morgan fingerprint density at radius 2 is 2.10 bits per heavy atom. The van der Waals surface area contributed by atoms with Crippen LogP contribution in [0.4, 0.5) is 10.7 Å². The molecule has 1 aliphatic heterocycles. The molecule has 2 rings (SSSR count). The Hall–Kier alpha value is -1.60. The minimum Gasteiger partial charge on any atom is -0.397 e. The predicted molar refractivity (Wildman–Crippen MR) is 79.5 cm³/mol. The van der Waals surface area contributed by atoms with Gasteiger partial charge in [-0.2, -0.15) is 0 Å². The Kier molecular flexibility index (Phi) is 4.61. The number of anilines is 2. The number of carbonyl (C=O) groups is 2. The number of nitrogens with zero attached hydrogens (tertiary/aromatic N) is 1. The molecule has 7 heteroatoms. The zero-order valence-electron chi connectivity index (χ0n) is 11.5. The molecule has 0 radical (unpaired) electrons. The topological polar surface area (TPSA) is 98.6 Å². The van der Waals surface area contributed by atoms with Gasteiger partial charge in [0.15, 0.2) is 5.78 Å². The van der Waals surface area contributed by atoms with Crippen LogP contribution >= 0.6 is 11.3 Å². The number of amides is 1. The number of carbonyl (C=O) groups excluding carboxylic acids is 2. The van der Waals surface area contributed by atoms with Crippen LogP contribution in [0.15, 0.2) is 0 Å². The third-order valence-corrected chi connectivity index (χ3v) is 4.56. The van der Waals surface area contributed by atoms with Crippen molar-refractivity contribution in [2.75, 3.05) is 36.9 Å². The standard InChI is InChI=1S/C13H19N3O3S/c1-2-8(17)11-10(14)9(12(15)18)13(20-11)16-4-3-6-19-7-5-16/h2-7,14H2,1H3,(H2,15,18). The molecule has 2 heterocycles. The molecule has 0 unspecified atom stereocenters. The van der Waals surface area contributed by atoms with Gasteiger partial charge in [0.25, 0.3) is 5.91 Å². The number of thiophene rings is 1. The van der Waals surface area contributed by atoms with Gasteiger partial charge in [0.2, 0.25) is 0 Å². The maximum atomic E-state index is 11.9. The van der Waals surface area contributed by atoms with Crippen LogP contribution in [0.5, 0.6) is 0 Å². The van der Waals surface area contributed by atoms with Crippen molar-refractivity contribution in [3.63, 3.8) is 0 Å². The van der Waals surface area contributed by atoms with E-state index in [0.717, 1.165) is 13.0 Å². The summed E-state index contributed by atoms with van der Waals surface area (Å²) in [6.45, 7) is 4.49. The molecule has 0 spiro atoms. The van der Waals surface area contributed by atoms with E-state index in [-0.39, 0.29) is 17.0 Å². The normalized spacial score (nSPS) is 15.9. The third-order valence-electron chi connectivity index (χ3n) is 3.26. The van der Waals surface area contributed by atoms with Crippen LogP contribution in [0, 0.1) is 0 Å². The minimum atomic E-state index is -0.589. The van der Waals surface area contributed by atoms with Crippen LogP contribution in [0.2, 0.25) is 0 Å². The highest BCUT2D eigenvalue weighted by Crippen LogP contribution is 2.39. The summed E-state index contributed by atoms with van der Waals surface area (Å²) >= 11 is 1.26. The second-order valence-electron chi connectivity index (χ2n) is 4.62. The summed E-state index contributed by atoms with van der Waals surface area (Å²) in [4.78, 5) is 26.0. The molecule has 1 aromatic heterocycles. The summed E-state index contributed by atoms with van der Waals surface area (Å²) in [5, 5.41) is 0.692. The van der Waals surface area contributed by atoms with Crippen LogP contribution in [0.25, 0.3) is 0 Å². The zero-order chi connectivity index (χ0) is 14.7. The largest absolute Gasteiger partial charge is 0.397 e. The van der Waals surface area contributed by atoms with Crippen molar-refractivity contribution in [2.24, 2.45) is 5.73 Å². The molecule has 4 N–H and O–H groups in total. The Morgan fingerprint density at radius 3 is 2.75 bits per heavy atom. The smallest absolute Gasteiger partial charge is 0.253 e. The van der Waals surface area contributed by atoms with Gasteiger partial charge in [-0.1, -0.05) is 6.92 Å². The van der Waals surface area contributed by atoms with Gasteiger partial charge in [-0.3, -0.25) is 9.59 Å². The number of hydrogen-bond acceptors (Lipinski definition) is 6. The number of hydrogen-bond donors (Lipinski definition) is 2. The second kappa shape index (κ2) is 6.23. The van der Waals surface area contributed by atoms with Crippen LogP contribution in [-0.4, -0.2) is 38.0 Å². The van der Waals surface area contributed by atoms with Crippen LogP contribution in [-0.2, 0) is 4.74 Å². The van der Waals surface area contributed by atoms with Gasteiger partial charge >= 0.3 is 0 Å². The monoisotopic (exact) mass is 297 g/mol. The van der Waals surface area contributed by atoms with Gasteiger partial charge in [0, 0.05) is 26.1 Å². The van der Waals surface area contributed by atoms with Crippen LogP contribution in [0.3, 0.4) is 0 Å². The van der Waals surface area contributed by atoms with E-state index < -0.39 is 5.91 Å². The molecule has 1 amide bonds. The predicted octanol–water partition coefficient (Wildman–Crippen LogP) is 1.25. The lowest BCUT2D eigenvalue weighted by molar-refractivity contribution is 0.0991. The van der Waals surface area contributed by atoms with E-state index in [4.69, 9.17) is 16.2 Å². The van der Waals surface area contributed by atoms with Gasteiger partial charge < -0.3 is 21.1 Å². The van der Waals surface area contributed by atoms with Crippen molar-refractivity contribution in [2.45, 2.75) is 19.8 Å². The first kappa shape index (κ1) is 14.8. The van der Waals surface area contributed by atoms with Crippen molar-refractivity contribution in [3.8, 4) is 0 Å². The Morgan fingerprint density at radius 1 is 1.35 bits per heavy atom. The number of nitrogens with two attached hydrogens (primary N) is 2. The first-order valence-corrected chi connectivity index (χ1v) is 7.45. The van der Waals surface area contributed by atoms with Crippen LogP contribution in [0.1, 0.15) is 39.8 Å². The van der Waals surface area contributed by atoms with E-state index in [2.05, 4.69) is 0 Å². The highest BCUT2D eigenvalue weighted by molar-refractivity contribution is 7.19. The molecule has 0 saturated carbocycles. The third kappa shape index (κ3) is 2.78. The van der Waals surface area contributed by atoms with Gasteiger partial charge in [-0.15, -0.1) is 11.3 Å². The van der Waals surface area contributed by atoms with Crippen molar-refractivity contribution >= 4 is 33.7 Å². The van der Waals surface area contributed by atoms with Gasteiger partial charge in [0.1, 0.15) is 5.00 Å². The molecule has 1 saturated heterocycles. The van der Waals surface area contributed by atoms with E-state index in [0.29, 0.717) is 36.1 Å². The lowest BCUT2D eigenvalue weighted by Crippen LogP contribution is -2.27. The molecule has 0 bridgehead atoms. The van der Waals surface area contributed by atoms with E-state index in [1.54, 1.807) is 6.92 Å². The summed E-state index contributed by atoms with van der Waals surface area (Å²) in [6, 6.07) is 0. The van der Waals surface area contributed by atoms with E-state index in [9.17, 15) is 9.59 Å². The minimum absolute atomic E-state index is 0.0627. The molecule has 1 fully saturated rings. The highest BCUT2D eigenvalue weighted by atomic mass is 32.1. The van der Waals surface area contributed by atoms with Crippen molar-refractivity contribution in [3.05, 3.63) is 10.4 Å². The van der Waals surface area contributed by atoms with Gasteiger partial charge in [-0.25, -0.2) is 0 Å². The van der Waals surface area contributed by atoms with Crippen molar-refractivity contribution in [1.29, 1.82) is 0 Å². The summed E-state index contributed by atoms with van der Waals surface area (Å²) in [5.41, 5.74) is 11.9. The maximum absolute atomic E-state index is 11.9. The van der Waals surface area contributed by atoms with E-state index >= 15 is 0 Å². The quantitative estimate of drug-likeness (QED) is 0.815. The first-order valence-electron chi connectivity index (χ1n) is 6.64. The Balaban J connectivity index is 2.44. The maximum Gasteiger partial charge on any atom is 0.253 e. The average molecular weight is 297 g/mol. The molecule has 1 aromatic rings. The molecule has 0 atom stereocenters. The summed E-state index contributed by atoms with van der Waals surface area (Å²) in [7, 11) is 0. The Labute approximate surface area is 121 Å². The van der Waals surface area contributed by atoms with E-state index in [1.165, 1.54) is 11.3 Å². The number of primary amides is 1. The molecular formula is C13H19N3O3S. The number of ketones is 1. The fourth-order valence-corrected chi connectivity index (χ4v) is 3.50. The molecule has 0 aromatic carbocycles. The molecule has 20 heavy (non-hydrogen) atoms. The van der Waals surface area contributed by atoms with Gasteiger partial charge in [0.05, 0.1) is 22.7 Å². The lowest BCUT2D eigenvalue weighted by Gasteiger charge is -2.20. The van der Waals surface area contributed by atoms with Crippen LogP contribution < -0.4 is 16.4 Å². The summed E-state index contributed by atoms with van der Waals surface area (Å²) < 4.78 is 5.40. The fourth-order valence-electron chi connectivity index (χ4n) is 2.21. The molecule has 1 aliphatic rings. The van der Waals surface area contributed by atoms with Crippen molar-refractivity contribution < 1.29 is 14.3 Å². The molecular weight excluding hydrogens is 278 g/mol. The lowest BCUT2D eigenvalue weighted by atomic mass is 10.1. The summed E-state index contributed by atoms with van der Waals surface area (Å²) in [5.74, 6) is -0.651. The summed E-state index contributed by atoms with van der Waals surface area (Å²) in [6.07, 6.45) is 1.22. The van der Waals surface area contributed by atoms with E-state index in [1.807, 2.05) is 4.90 Å². The second-order valence-corrected chi connectivity index (χ2v) is 5.62. The SMILES string of the molecule is CCC(=O)c1sc(N2CCCOCC2)c(C(N)=O)c1N. The average Bonchev–Trinajstić information content (AvgIpc) is 2.62. The highest BCUT2D eigenvalue weighted by Gasteiger charge is 2.27. The first-order chi connectivity index (χ1) is 9.56. The number of nitrogen functional groups attached to an aromatic ring is 1. The fraction of sp³-hybridized carbons (Fsp3) is 0.538. The number of rotatable bonds is 4. The molecule has 6 nitrogen and oxygen atoms in total. The van der Waals surface area contributed by atoms with Crippen molar-refractivity contribution in [1.82, 2.24) is 0 Å². The Bertz CT molecular complexity index is 519. The zero-order valence-corrected chi connectivity index (χ0v) is 12.3. The number of Topliss-reactive ketones (excluding diaryl/α,β-unsaturated/α-hetero) is 1. The molecule has 110 valence electrons. The van der Waals surface area contributed by atoms with Gasteiger partial charge in [-0.05, 0) is 6.42 Å². The molecule has 0 aliphatic carbocycles.